The van der Waals surface area contributed by atoms with Crippen LogP contribution in [0.1, 0.15) is 17.7 Å². The van der Waals surface area contributed by atoms with Crippen molar-refractivity contribution in [3.05, 3.63) is 29.7 Å². The summed E-state index contributed by atoms with van der Waals surface area (Å²) in [6.07, 6.45) is 0.666. The maximum Gasteiger partial charge on any atom is 0.216 e. The van der Waals surface area contributed by atoms with Gasteiger partial charge < -0.3 is 24.6 Å². The summed E-state index contributed by atoms with van der Waals surface area (Å²) in [5.41, 5.74) is 1.07. The first-order valence-corrected chi connectivity index (χ1v) is 6.72. The number of nitrogens with zero attached hydrogens (tertiary/aromatic N) is 4. The van der Waals surface area contributed by atoms with Crippen molar-refractivity contribution in [3.63, 3.8) is 0 Å². The fourth-order valence-electron chi connectivity index (χ4n) is 2.06. The fourth-order valence-corrected chi connectivity index (χ4v) is 2.06. The maximum absolute atomic E-state index is 9.98. The molecule has 1 heterocycles. The zero-order valence-electron chi connectivity index (χ0n) is 13.3. The molecular weight excluding hydrogens is 316 g/mol. The number of nitriles is 1. The van der Waals surface area contributed by atoms with E-state index in [1.54, 1.807) is 6.07 Å². The molecule has 0 radical (unpaired) electrons. The number of anilines is 1. The van der Waals surface area contributed by atoms with Crippen LogP contribution in [0.4, 0.5) is 5.69 Å². The molecule has 1 aromatic heterocycles. The Bertz CT molecular complexity index is 749. The number of benzene rings is 1. The number of allylic oxidation sites excluding steroid dienone is 1. The van der Waals surface area contributed by atoms with E-state index in [0.717, 1.165) is 0 Å². The average Bonchev–Trinajstić information content (AvgIpc) is 3.12. The Morgan fingerprint density at radius 1 is 1.38 bits per heavy atom. The van der Waals surface area contributed by atoms with Gasteiger partial charge in [-0.3, -0.25) is 0 Å². The van der Waals surface area contributed by atoms with Gasteiger partial charge in [0, 0.05) is 26.0 Å². The first-order chi connectivity index (χ1) is 11.7. The average molecular weight is 332 g/mol. The predicted molar refractivity (Wildman–Crippen MR) is 82.8 cm³/mol. The minimum Gasteiger partial charge on any atom is -0.504 e. The molecule has 0 aliphatic heterocycles. The smallest absolute Gasteiger partial charge is 0.216 e. The molecule has 3 N–H and O–H groups in total. The summed E-state index contributed by atoms with van der Waals surface area (Å²) < 4.78 is 15.7. The van der Waals surface area contributed by atoms with Gasteiger partial charge in [-0.1, -0.05) is 0 Å². The number of hydrogen-bond acceptors (Lipinski definition) is 9. The number of aromatic hydroxyl groups is 1. The third kappa shape index (κ3) is 3.43. The molecule has 10 heteroatoms. The lowest BCUT2D eigenvalue weighted by Gasteiger charge is -2.20. The molecule has 126 valence electrons. The van der Waals surface area contributed by atoms with Crippen molar-refractivity contribution in [2.24, 2.45) is 0 Å². The summed E-state index contributed by atoms with van der Waals surface area (Å²) in [6.45, 7) is 0. The monoisotopic (exact) mass is 332 g/mol. The van der Waals surface area contributed by atoms with Crippen molar-refractivity contribution in [1.29, 1.82) is 5.26 Å². The van der Waals surface area contributed by atoms with Gasteiger partial charge in [-0.25, -0.2) is 0 Å². The first kappa shape index (κ1) is 17.2. The number of aromatic nitrogens is 4. The van der Waals surface area contributed by atoms with Crippen LogP contribution in [0.15, 0.2) is 18.3 Å². The Hall–Kier alpha value is -3.16. The number of hydrogen-bond donors (Lipinski definition) is 3. The summed E-state index contributed by atoms with van der Waals surface area (Å²) in [5.74, 6) is 0.218. The predicted octanol–water partition coefficient (Wildman–Crippen LogP) is 1.18. The third-order valence-electron chi connectivity index (χ3n) is 3.12. The molecule has 0 saturated carbocycles. The quantitative estimate of drug-likeness (QED) is 0.504. The summed E-state index contributed by atoms with van der Waals surface area (Å²) in [6, 6.07) is 5.03. The molecule has 0 unspecified atom stereocenters. The molecule has 0 atom stereocenters. The van der Waals surface area contributed by atoms with E-state index in [0.29, 0.717) is 11.3 Å². The van der Waals surface area contributed by atoms with E-state index in [-0.39, 0.29) is 22.9 Å². The van der Waals surface area contributed by atoms with Crippen LogP contribution < -0.4 is 10.1 Å². The number of phenols is 1. The van der Waals surface area contributed by atoms with Gasteiger partial charge in [-0.05, 0) is 17.3 Å². The molecule has 0 amide bonds. The highest BCUT2D eigenvalue weighted by Crippen LogP contribution is 2.40. The highest BCUT2D eigenvalue weighted by atomic mass is 16.7. The van der Waals surface area contributed by atoms with E-state index in [2.05, 4.69) is 25.9 Å². The molecule has 0 spiro atoms. The normalized spacial score (nSPS) is 11.4. The van der Waals surface area contributed by atoms with Crippen molar-refractivity contribution in [1.82, 2.24) is 20.6 Å². The van der Waals surface area contributed by atoms with Crippen LogP contribution in [0.2, 0.25) is 0 Å². The second kappa shape index (κ2) is 7.91. The largest absolute Gasteiger partial charge is 0.504 e. The van der Waals surface area contributed by atoms with Gasteiger partial charge in [-0.2, -0.15) is 10.5 Å². The maximum atomic E-state index is 9.98. The van der Waals surface area contributed by atoms with Crippen molar-refractivity contribution in [2.45, 2.75) is 6.29 Å². The number of rotatable bonds is 7. The van der Waals surface area contributed by atoms with Gasteiger partial charge in [-0.15, -0.1) is 10.2 Å². The molecule has 2 aromatic rings. The molecule has 0 aliphatic rings. The topological polar surface area (TPSA) is 138 Å². The number of ether oxygens (including phenoxy) is 3. The Labute approximate surface area is 137 Å². The Kier molecular flexibility index (Phi) is 5.67. The van der Waals surface area contributed by atoms with Crippen molar-refractivity contribution in [2.75, 3.05) is 26.6 Å². The summed E-state index contributed by atoms with van der Waals surface area (Å²) in [7, 11) is 4.37. The van der Waals surface area contributed by atoms with Crippen LogP contribution in [0.25, 0.3) is 5.57 Å². The number of phenolic OH excluding ortho intramolecular Hbond substituents is 1. The van der Waals surface area contributed by atoms with Crippen LogP contribution in [-0.2, 0) is 9.47 Å². The van der Waals surface area contributed by atoms with Gasteiger partial charge in [0.1, 0.15) is 11.6 Å². The highest BCUT2D eigenvalue weighted by molar-refractivity contribution is 5.77. The van der Waals surface area contributed by atoms with Crippen LogP contribution in [-0.4, -0.2) is 47.1 Å². The molecule has 0 fully saturated rings. The zero-order valence-corrected chi connectivity index (χ0v) is 13.3. The van der Waals surface area contributed by atoms with Crippen LogP contribution in [0.3, 0.4) is 0 Å². The summed E-state index contributed by atoms with van der Waals surface area (Å²) >= 11 is 0. The van der Waals surface area contributed by atoms with E-state index >= 15 is 0 Å². The Balaban J connectivity index is 2.47. The van der Waals surface area contributed by atoms with Crippen LogP contribution in [0.5, 0.6) is 11.5 Å². The zero-order chi connectivity index (χ0) is 17.5. The lowest BCUT2D eigenvalue weighted by Crippen LogP contribution is -2.08. The van der Waals surface area contributed by atoms with Gasteiger partial charge in [0.05, 0.1) is 12.8 Å². The van der Waals surface area contributed by atoms with Crippen molar-refractivity contribution in [3.8, 4) is 17.6 Å². The van der Waals surface area contributed by atoms with E-state index in [1.807, 2.05) is 6.07 Å². The molecule has 0 bridgehead atoms. The second-order valence-electron chi connectivity index (χ2n) is 4.44. The van der Waals surface area contributed by atoms with Gasteiger partial charge >= 0.3 is 0 Å². The molecule has 10 nitrogen and oxygen atoms in total. The number of aromatic amines is 1. The molecule has 24 heavy (non-hydrogen) atoms. The number of nitrogens with one attached hydrogen (secondary N) is 2. The molecule has 0 saturated heterocycles. The third-order valence-corrected chi connectivity index (χ3v) is 3.12. The first-order valence-electron chi connectivity index (χ1n) is 6.72. The van der Waals surface area contributed by atoms with Crippen molar-refractivity contribution >= 4 is 11.3 Å². The molecular formula is C14H16N6O4. The second-order valence-corrected chi connectivity index (χ2v) is 4.44. The van der Waals surface area contributed by atoms with Gasteiger partial charge in [0.2, 0.25) is 5.82 Å². The molecule has 2 rings (SSSR count). The SMILES string of the molecule is COc1c(O)ccc(C(OC)OC)c1NC=C(C#N)c1nn[nH]n1. The van der Waals surface area contributed by atoms with Crippen molar-refractivity contribution < 1.29 is 19.3 Å². The minimum absolute atomic E-state index is 0.0822. The number of tetrazole rings is 1. The lowest BCUT2D eigenvalue weighted by atomic mass is 10.1. The van der Waals surface area contributed by atoms with Gasteiger partial charge in [0.15, 0.2) is 17.8 Å². The lowest BCUT2D eigenvalue weighted by molar-refractivity contribution is -0.105. The summed E-state index contributed by atoms with van der Waals surface area (Å²) in [5, 5.41) is 35.3. The molecule has 1 aromatic carbocycles. The Morgan fingerprint density at radius 3 is 2.67 bits per heavy atom. The van der Waals surface area contributed by atoms with E-state index in [9.17, 15) is 10.4 Å². The minimum atomic E-state index is -0.703. The molecule has 0 aliphatic carbocycles. The number of methoxy groups -OCH3 is 3. The standard InChI is InChI=1S/C14H16N6O4/c1-22-12-10(21)5-4-9(14(23-2)24-3)11(12)16-7-8(6-15)13-17-19-20-18-13/h4-5,7,14,16,21H,1-3H3,(H,17,18,19,20). The number of H-pyrrole nitrogens is 1. The summed E-state index contributed by atoms with van der Waals surface area (Å²) in [4.78, 5) is 0. The van der Waals surface area contributed by atoms with E-state index < -0.39 is 6.29 Å². The highest BCUT2D eigenvalue weighted by Gasteiger charge is 2.20. The fraction of sp³-hybridized carbons (Fsp3) is 0.286. The van der Waals surface area contributed by atoms with Crippen LogP contribution >= 0.6 is 0 Å². The Morgan fingerprint density at radius 2 is 2.12 bits per heavy atom. The van der Waals surface area contributed by atoms with Gasteiger partial charge in [0.25, 0.3) is 0 Å². The van der Waals surface area contributed by atoms with Crippen LogP contribution in [0, 0.1) is 11.3 Å². The van der Waals surface area contributed by atoms with E-state index in [1.165, 1.54) is 33.6 Å². The van der Waals surface area contributed by atoms with E-state index in [4.69, 9.17) is 14.2 Å².